The summed E-state index contributed by atoms with van der Waals surface area (Å²) in [7, 11) is 2.12. The lowest BCUT2D eigenvalue weighted by molar-refractivity contribution is -0.137. The van der Waals surface area contributed by atoms with Gasteiger partial charge in [-0.3, -0.25) is 9.80 Å². The van der Waals surface area contributed by atoms with Crippen molar-refractivity contribution in [1.29, 1.82) is 0 Å². The van der Waals surface area contributed by atoms with E-state index in [0.717, 1.165) is 37.8 Å². The van der Waals surface area contributed by atoms with Crippen molar-refractivity contribution in [2.45, 2.75) is 18.8 Å². The van der Waals surface area contributed by atoms with Gasteiger partial charge in [0.15, 0.2) is 0 Å². The molecule has 2 saturated heterocycles. The normalized spacial score (nSPS) is 25.5. The molecule has 0 N–H and O–H groups in total. The third-order valence-corrected chi connectivity index (χ3v) is 5.88. The number of nitrogens with zero attached hydrogens (tertiary/aromatic N) is 2. The first-order valence-corrected chi connectivity index (χ1v) is 9.16. The Morgan fingerprint density at radius 3 is 2.39 bits per heavy atom. The van der Waals surface area contributed by atoms with Crippen LogP contribution in [-0.2, 0) is 12.7 Å². The molecule has 2 fully saturated rings. The molecule has 0 aromatic heterocycles. The molecule has 0 unspecified atom stereocenters. The molecule has 2 aromatic carbocycles. The highest BCUT2D eigenvalue weighted by Crippen LogP contribution is 2.44. The smallest absolute Gasteiger partial charge is 0.299 e. The van der Waals surface area contributed by atoms with Crippen LogP contribution in [0.3, 0.4) is 0 Å². The number of rotatable bonds is 3. The second kappa shape index (κ2) is 8.01. The van der Waals surface area contributed by atoms with Crippen LogP contribution in [0.25, 0.3) is 0 Å². The molecule has 2 nitrogen and oxygen atoms in total. The van der Waals surface area contributed by atoms with Crippen molar-refractivity contribution >= 4 is 12.4 Å². The van der Waals surface area contributed by atoms with Crippen LogP contribution in [0.5, 0.6) is 0 Å². The van der Waals surface area contributed by atoms with Gasteiger partial charge < -0.3 is 0 Å². The number of likely N-dealkylation sites (tertiary alicyclic amines) is 2. The van der Waals surface area contributed by atoms with E-state index >= 15 is 0 Å². The highest BCUT2D eigenvalue weighted by Gasteiger charge is 2.46. The number of alkyl halides is 3. The maximum absolute atomic E-state index is 14.1. The Morgan fingerprint density at radius 1 is 1.00 bits per heavy atom. The number of fused-ring (bicyclic) bond motifs is 1. The quantitative estimate of drug-likeness (QED) is 0.652. The van der Waals surface area contributed by atoms with Gasteiger partial charge in [-0.15, -0.1) is 12.4 Å². The minimum atomic E-state index is -4.45. The SMILES string of the molecule is CN1C[C@H]2CN(Cc3cc(C(F)(F)F)ccc3F)C[C@H]2[C@@H]1c1ccccc1.Cl. The number of hydrogen-bond donors (Lipinski definition) is 0. The Hall–Kier alpha value is -1.63. The Morgan fingerprint density at radius 2 is 1.71 bits per heavy atom. The first-order valence-electron chi connectivity index (χ1n) is 9.16. The standard InChI is InChI=1S/C21H22F4N2.ClH/c1-26-10-16-12-27(13-18(16)20(26)14-5-3-2-4-6-14)11-15-9-17(21(23,24)25)7-8-19(15)22;/h2-9,16,18,20H,10-13H2,1H3;1H/t16-,18+,20-;/m0./s1. The third-order valence-electron chi connectivity index (χ3n) is 5.88. The van der Waals surface area contributed by atoms with Gasteiger partial charge in [-0.05, 0) is 42.6 Å². The molecule has 28 heavy (non-hydrogen) atoms. The highest BCUT2D eigenvalue weighted by atomic mass is 35.5. The predicted molar refractivity (Wildman–Crippen MR) is 103 cm³/mol. The van der Waals surface area contributed by atoms with Crippen LogP contribution in [0.2, 0.25) is 0 Å². The lowest BCUT2D eigenvalue weighted by Crippen LogP contribution is -2.29. The maximum Gasteiger partial charge on any atom is 0.416 e. The predicted octanol–water partition coefficient (Wildman–Crippen LogP) is 5.00. The fourth-order valence-corrected chi connectivity index (χ4v) is 4.74. The van der Waals surface area contributed by atoms with Gasteiger partial charge in [-0.2, -0.15) is 13.2 Å². The molecule has 0 aliphatic carbocycles. The number of benzene rings is 2. The molecule has 2 aliphatic heterocycles. The van der Waals surface area contributed by atoms with Gasteiger partial charge in [0.05, 0.1) is 5.56 Å². The molecule has 3 atom stereocenters. The van der Waals surface area contributed by atoms with Crippen molar-refractivity contribution < 1.29 is 17.6 Å². The van der Waals surface area contributed by atoms with Crippen LogP contribution in [0.1, 0.15) is 22.7 Å². The lowest BCUT2D eigenvalue weighted by atomic mass is 9.90. The zero-order chi connectivity index (χ0) is 19.2. The van der Waals surface area contributed by atoms with Crippen molar-refractivity contribution in [3.05, 3.63) is 71.0 Å². The molecular formula is C21H23ClF4N2. The topological polar surface area (TPSA) is 6.48 Å². The zero-order valence-electron chi connectivity index (χ0n) is 15.5. The molecule has 152 valence electrons. The third kappa shape index (κ3) is 4.04. The summed E-state index contributed by atoms with van der Waals surface area (Å²) in [5.74, 6) is 0.289. The van der Waals surface area contributed by atoms with E-state index in [1.165, 1.54) is 5.56 Å². The van der Waals surface area contributed by atoms with E-state index in [-0.39, 0.29) is 24.5 Å². The van der Waals surface area contributed by atoms with E-state index in [1.54, 1.807) is 0 Å². The monoisotopic (exact) mass is 414 g/mol. The maximum atomic E-state index is 14.1. The van der Waals surface area contributed by atoms with Gasteiger partial charge in [0.1, 0.15) is 5.82 Å². The van der Waals surface area contributed by atoms with Crippen LogP contribution in [0, 0.1) is 17.7 Å². The van der Waals surface area contributed by atoms with E-state index in [0.29, 0.717) is 17.9 Å². The Kier molecular flexibility index (Phi) is 6.03. The van der Waals surface area contributed by atoms with Crippen molar-refractivity contribution in [3.63, 3.8) is 0 Å². The summed E-state index contributed by atoms with van der Waals surface area (Å²) >= 11 is 0. The van der Waals surface area contributed by atoms with E-state index < -0.39 is 17.6 Å². The summed E-state index contributed by atoms with van der Waals surface area (Å²) in [6.45, 7) is 2.72. The second-order valence-corrected chi connectivity index (χ2v) is 7.72. The van der Waals surface area contributed by atoms with Crippen molar-refractivity contribution in [1.82, 2.24) is 9.80 Å². The molecule has 0 radical (unpaired) electrons. The summed E-state index contributed by atoms with van der Waals surface area (Å²) in [4.78, 5) is 4.45. The molecule has 0 bridgehead atoms. The molecule has 4 rings (SSSR count). The first-order chi connectivity index (χ1) is 12.8. The average Bonchev–Trinajstić information content (AvgIpc) is 3.12. The largest absolute Gasteiger partial charge is 0.416 e. The minimum absolute atomic E-state index is 0. The van der Waals surface area contributed by atoms with Gasteiger partial charge in [0, 0.05) is 37.8 Å². The van der Waals surface area contributed by atoms with Gasteiger partial charge >= 0.3 is 6.18 Å². The summed E-state index contributed by atoms with van der Waals surface area (Å²) in [6, 6.07) is 13.3. The molecule has 0 amide bonds. The molecule has 0 spiro atoms. The van der Waals surface area contributed by atoms with Crippen LogP contribution in [0.4, 0.5) is 17.6 Å². The summed E-state index contributed by atoms with van der Waals surface area (Å²) in [6.07, 6.45) is -4.45. The molecule has 7 heteroatoms. The van der Waals surface area contributed by atoms with Gasteiger partial charge in [0.25, 0.3) is 0 Å². The molecule has 2 aromatic rings. The van der Waals surface area contributed by atoms with Crippen molar-refractivity contribution in [2.24, 2.45) is 11.8 Å². The molecule has 0 saturated carbocycles. The number of halogens is 5. The fourth-order valence-electron chi connectivity index (χ4n) is 4.74. The van der Waals surface area contributed by atoms with E-state index in [1.807, 2.05) is 18.2 Å². The van der Waals surface area contributed by atoms with Gasteiger partial charge in [0.2, 0.25) is 0 Å². The summed E-state index contributed by atoms with van der Waals surface area (Å²) < 4.78 is 52.9. The molecule has 2 heterocycles. The highest BCUT2D eigenvalue weighted by molar-refractivity contribution is 5.85. The van der Waals surface area contributed by atoms with Gasteiger partial charge in [-0.25, -0.2) is 4.39 Å². The van der Waals surface area contributed by atoms with E-state index in [9.17, 15) is 17.6 Å². The number of hydrogen-bond acceptors (Lipinski definition) is 2. The lowest BCUT2D eigenvalue weighted by Gasteiger charge is -2.27. The molecule has 2 aliphatic rings. The Balaban J connectivity index is 0.00000225. The molecular weight excluding hydrogens is 392 g/mol. The first kappa shape index (κ1) is 21.1. The Labute approximate surface area is 168 Å². The fraction of sp³-hybridized carbons (Fsp3) is 0.429. The summed E-state index contributed by atoms with van der Waals surface area (Å²) in [5.41, 5.74) is 0.592. The zero-order valence-corrected chi connectivity index (χ0v) is 16.3. The van der Waals surface area contributed by atoms with Crippen LogP contribution in [-0.4, -0.2) is 36.5 Å². The van der Waals surface area contributed by atoms with Crippen LogP contribution in [0.15, 0.2) is 48.5 Å². The van der Waals surface area contributed by atoms with E-state index in [2.05, 4.69) is 29.0 Å². The Bertz CT molecular complexity index is 812. The second-order valence-electron chi connectivity index (χ2n) is 7.72. The van der Waals surface area contributed by atoms with Gasteiger partial charge in [-0.1, -0.05) is 30.3 Å². The minimum Gasteiger partial charge on any atom is -0.299 e. The van der Waals surface area contributed by atoms with E-state index in [4.69, 9.17) is 0 Å². The summed E-state index contributed by atoms with van der Waals surface area (Å²) in [5, 5.41) is 0. The van der Waals surface area contributed by atoms with Crippen molar-refractivity contribution in [2.75, 3.05) is 26.7 Å². The van der Waals surface area contributed by atoms with Crippen LogP contribution >= 0.6 is 12.4 Å². The van der Waals surface area contributed by atoms with Crippen LogP contribution < -0.4 is 0 Å². The average molecular weight is 415 g/mol. The van der Waals surface area contributed by atoms with Crippen molar-refractivity contribution in [3.8, 4) is 0 Å².